The number of amides is 1. The number of aliphatic imine (C=N–C) groups is 1. The van der Waals surface area contributed by atoms with Crippen molar-refractivity contribution in [2.45, 2.75) is 102 Å². The van der Waals surface area contributed by atoms with Crippen LogP contribution in [0.25, 0.3) is 0 Å². The maximum atomic E-state index is 13.2. The first-order chi connectivity index (χ1) is 13.5. The van der Waals surface area contributed by atoms with Crippen LogP contribution < -0.4 is 5.73 Å². The lowest BCUT2D eigenvalue weighted by Gasteiger charge is -2.35. The molecule has 5 nitrogen and oxygen atoms in total. The van der Waals surface area contributed by atoms with Crippen molar-refractivity contribution in [1.29, 1.82) is 0 Å². The van der Waals surface area contributed by atoms with E-state index >= 15 is 0 Å². The van der Waals surface area contributed by atoms with Crippen molar-refractivity contribution < 1.29 is 9.90 Å². The minimum Gasteiger partial charge on any atom is -0.396 e. The van der Waals surface area contributed by atoms with Crippen molar-refractivity contribution in [3.05, 3.63) is 0 Å². The number of rotatable bonds is 9. The molecule has 1 heterocycles. The lowest BCUT2D eigenvalue weighted by molar-refractivity contribution is -0.131. The van der Waals surface area contributed by atoms with Crippen LogP contribution in [0, 0.1) is 17.8 Å². The number of aliphatic hydroxyl groups is 1. The van der Waals surface area contributed by atoms with Gasteiger partial charge in [0, 0.05) is 13.7 Å². The molecule has 0 aromatic heterocycles. The molecule has 5 heteroatoms. The molecule has 3 N–H and O–H groups in total. The number of carbonyl (C=O) groups is 1. The second-order valence-corrected chi connectivity index (χ2v) is 9.73. The molecule has 0 aromatic rings. The van der Waals surface area contributed by atoms with Crippen LogP contribution in [-0.4, -0.2) is 41.1 Å². The van der Waals surface area contributed by atoms with E-state index in [0.29, 0.717) is 18.5 Å². The number of aliphatic hydroxyl groups excluding tert-OH is 1. The topological polar surface area (TPSA) is 78.9 Å². The number of guanidine groups is 1. The molecule has 0 bridgehead atoms. The van der Waals surface area contributed by atoms with Gasteiger partial charge >= 0.3 is 0 Å². The van der Waals surface area contributed by atoms with Gasteiger partial charge in [0.1, 0.15) is 5.54 Å². The molecule has 160 valence electrons. The molecular formula is C23H41N3O2. The van der Waals surface area contributed by atoms with Gasteiger partial charge in [0.25, 0.3) is 5.91 Å². The maximum absolute atomic E-state index is 13.2. The Hall–Kier alpha value is -1.10. The Morgan fingerprint density at radius 2 is 1.75 bits per heavy atom. The quantitative estimate of drug-likeness (QED) is 0.577. The molecule has 0 spiro atoms. The molecule has 3 rings (SSSR count). The third-order valence-corrected chi connectivity index (χ3v) is 7.60. The summed E-state index contributed by atoms with van der Waals surface area (Å²) in [4.78, 5) is 19.6. The summed E-state index contributed by atoms with van der Waals surface area (Å²) in [6.45, 7) is 0.301. The van der Waals surface area contributed by atoms with Gasteiger partial charge in [-0.3, -0.25) is 9.69 Å². The van der Waals surface area contributed by atoms with Crippen molar-refractivity contribution in [2.24, 2.45) is 28.5 Å². The van der Waals surface area contributed by atoms with E-state index in [1.165, 1.54) is 64.2 Å². The third kappa shape index (κ3) is 5.28. The molecule has 0 aromatic carbocycles. The molecule has 3 aliphatic rings. The summed E-state index contributed by atoms with van der Waals surface area (Å²) in [6.07, 6.45) is 17.8. The SMILES string of the molecule is CN1C(=O)[C@@](CCC2CCCCC2)(C[C@H]2CCC[C@@H](CCCCO)C2)N=C1N. The molecule has 0 saturated heterocycles. The number of unbranched alkanes of at least 4 members (excludes halogenated alkanes) is 1. The van der Waals surface area contributed by atoms with Crippen molar-refractivity contribution in [2.75, 3.05) is 13.7 Å². The van der Waals surface area contributed by atoms with Crippen LogP contribution in [0.5, 0.6) is 0 Å². The molecule has 2 aliphatic carbocycles. The van der Waals surface area contributed by atoms with Crippen molar-refractivity contribution in [3.63, 3.8) is 0 Å². The van der Waals surface area contributed by atoms with Gasteiger partial charge in [-0.15, -0.1) is 0 Å². The Labute approximate surface area is 171 Å². The average molecular weight is 392 g/mol. The van der Waals surface area contributed by atoms with Gasteiger partial charge in [-0.1, -0.05) is 64.2 Å². The molecule has 28 heavy (non-hydrogen) atoms. The Morgan fingerprint density at radius 1 is 1.04 bits per heavy atom. The molecule has 2 fully saturated rings. The molecule has 2 saturated carbocycles. The summed E-state index contributed by atoms with van der Waals surface area (Å²) in [5.41, 5.74) is 5.49. The number of likely N-dealkylation sites (N-methyl/N-ethyl adjacent to an activating group) is 1. The molecule has 0 radical (unpaired) electrons. The summed E-state index contributed by atoms with van der Waals surface area (Å²) in [7, 11) is 1.78. The smallest absolute Gasteiger partial charge is 0.257 e. The summed E-state index contributed by atoms with van der Waals surface area (Å²) in [5, 5.41) is 9.05. The number of carbonyl (C=O) groups excluding carboxylic acids is 1. The average Bonchev–Trinajstić information content (AvgIpc) is 2.92. The van der Waals surface area contributed by atoms with E-state index < -0.39 is 5.54 Å². The molecular weight excluding hydrogens is 350 g/mol. The largest absolute Gasteiger partial charge is 0.396 e. The lowest BCUT2D eigenvalue weighted by Crippen LogP contribution is -2.44. The predicted molar refractivity (Wildman–Crippen MR) is 114 cm³/mol. The van der Waals surface area contributed by atoms with E-state index in [-0.39, 0.29) is 5.91 Å². The van der Waals surface area contributed by atoms with Crippen LogP contribution in [0.2, 0.25) is 0 Å². The van der Waals surface area contributed by atoms with E-state index in [1.807, 2.05) is 0 Å². The van der Waals surface area contributed by atoms with E-state index in [4.69, 9.17) is 15.8 Å². The van der Waals surface area contributed by atoms with Crippen molar-refractivity contribution in [3.8, 4) is 0 Å². The first kappa shape index (κ1) is 21.6. The number of hydrogen-bond acceptors (Lipinski definition) is 4. The van der Waals surface area contributed by atoms with Crippen molar-refractivity contribution in [1.82, 2.24) is 4.90 Å². The van der Waals surface area contributed by atoms with Crippen LogP contribution in [0.4, 0.5) is 0 Å². The van der Waals surface area contributed by atoms with E-state index in [2.05, 4.69) is 0 Å². The van der Waals surface area contributed by atoms with Gasteiger partial charge in [0.15, 0.2) is 5.96 Å². The van der Waals surface area contributed by atoms with E-state index in [1.54, 1.807) is 11.9 Å². The highest BCUT2D eigenvalue weighted by Crippen LogP contribution is 2.42. The fourth-order valence-corrected chi connectivity index (χ4v) is 5.95. The van der Waals surface area contributed by atoms with Gasteiger partial charge in [0.2, 0.25) is 0 Å². The maximum Gasteiger partial charge on any atom is 0.257 e. The molecule has 1 aliphatic heterocycles. The number of nitrogens with two attached hydrogens (primary N) is 1. The Balaban J connectivity index is 1.63. The van der Waals surface area contributed by atoms with Crippen LogP contribution in [-0.2, 0) is 4.79 Å². The third-order valence-electron chi connectivity index (χ3n) is 7.60. The predicted octanol–water partition coefficient (Wildman–Crippen LogP) is 4.23. The highest BCUT2D eigenvalue weighted by atomic mass is 16.2. The van der Waals surface area contributed by atoms with Gasteiger partial charge < -0.3 is 10.8 Å². The second kappa shape index (κ2) is 10.1. The molecule has 1 amide bonds. The van der Waals surface area contributed by atoms with Gasteiger partial charge in [0.05, 0.1) is 0 Å². The van der Waals surface area contributed by atoms with Crippen LogP contribution in [0.1, 0.15) is 96.3 Å². The zero-order valence-electron chi connectivity index (χ0n) is 17.9. The summed E-state index contributed by atoms with van der Waals surface area (Å²) < 4.78 is 0. The Kier molecular flexibility index (Phi) is 7.78. The number of hydrogen-bond donors (Lipinski definition) is 2. The monoisotopic (exact) mass is 391 g/mol. The standard InChI is InChI=1S/C23H41N3O2/c1-26-21(28)23(25-22(26)24,14-13-18-8-3-2-4-9-18)17-20-12-7-11-19(16-20)10-5-6-15-27/h18-20,27H,2-17H2,1H3,(H2,24,25)/t19-,20+,23-/m1/s1. The second-order valence-electron chi connectivity index (χ2n) is 9.73. The van der Waals surface area contributed by atoms with Crippen molar-refractivity contribution >= 4 is 11.9 Å². The zero-order valence-corrected chi connectivity index (χ0v) is 17.9. The van der Waals surface area contributed by atoms with Crippen LogP contribution in [0.3, 0.4) is 0 Å². The van der Waals surface area contributed by atoms with E-state index in [9.17, 15) is 4.79 Å². The van der Waals surface area contributed by atoms with Gasteiger partial charge in [-0.25, -0.2) is 4.99 Å². The van der Waals surface area contributed by atoms with Gasteiger partial charge in [-0.05, 0) is 49.9 Å². The normalized spacial score (nSPS) is 32.0. The first-order valence-electron chi connectivity index (χ1n) is 11.8. The highest BCUT2D eigenvalue weighted by molar-refractivity contribution is 6.06. The molecule has 3 atom stereocenters. The minimum atomic E-state index is -0.603. The Morgan fingerprint density at radius 3 is 2.43 bits per heavy atom. The fourth-order valence-electron chi connectivity index (χ4n) is 5.95. The summed E-state index contributed by atoms with van der Waals surface area (Å²) >= 11 is 0. The lowest BCUT2D eigenvalue weighted by atomic mass is 9.72. The van der Waals surface area contributed by atoms with Crippen LogP contribution in [0.15, 0.2) is 4.99 Å². The summed E-state index contributed by atoms with van der Waals surface area (Å²) in [6, 6.07) is 0. The van der Waals surface area contributed by atoms with E-state index in [0.717, 1.165) is 43.9 Å². The molecule has 0 unspecified atom stereocenters. The highest BCUT2D eigenvalue weighted by Gasteiger charge is 2.47. The van der Waals surface area contributed by atoms with Gasteiger partial charge in [-0.2, -0.15) is 0 Å². The zero-order chi connectivity index (χ0) is 20.0. The first-order valence-corrected chi connectivity index (χ1v) is 11.8. The number of nitrogens with zero attached hydrogens (tertiary/aromatic N) is 2. The Bertz CT molecular complexity index is 544. The minimum absolute atomic E-state index is 0.128. The fraction of sp³-hybridized carbons (Fsp3) is 0.913. The van der Waals surface area contributed by atoms with Crippen LogP contribution >= 0.6 is 0 Å². The summed E-state index contributed by atoms with van der Waals surface area (Å²) in [5.74, 6) is 2.62.